The van der Waals surface area contributed by atoms with Crippen LogP contribution >= 0.6 is 0 Å². The minimum atomic E-state index is -1.90. The van der Waals surface area contributed by atoms with E-state index in [9.17, 15) is 4.79 Å². The summed E-state index contributed by atoms with van der Waals surface area (Å²) in [6.45, 7) is 1.28. The number of aldehydes is 1. The van der Waals surface area contributed by atoms with Crippen LogP contribution in [0.4, 0.5) is 0 Å². The Morgan fingerprint density at radius 1 is 1.64 bits per heavy atom. The lowest BCUT2D eigenvalue weighted by Crippen LogP contribution is -2.51. The maximum absolute atomic E-state index is 9.91. The fraction of sp³-hybridized carbons (Fsp3) is 0.833. The van der Waals surface area contributed by atoms with Gasteiger partial charge in [-0.2, -0.15) is 0 Å². The lowest BCUT2D eigenvalue weighted by Gasteiger charge is -2.26. The van der Waals surface area contributed by atoms with E-state index in [2.05, 4.69) is 0 Å². The first-order valence-electron chi connectivity index (χ1n) is 3.23. The first-order chi connectivity index (χ1) is 4.90. The smallest absolute Gasteiger partial charge is 0.148 e. The van der Waals surface area contributed by atoms with E-state index in [4.69, 9.17) is 21.1 Å². The fourth-order valence-electron chi connectivity index (χ4n) is 0.554. The molecule has 0 radical (unpaired) electrons. The Hall–Kier alpha value is -0.490. The van der Waals surface area contributed by atoms with Gasteiger partial charge in [0.15, 0.2) is 0 Å². The number of hydrogen-bond donors (Lipinski definition) is 4. The van der Waals surface area contributed by atoms with Crippen molar-refractivity contribution in [2.24, 2.45) is 5.73 Å². The molecule has 0 saturated carbocycles. The maximum Gasteiger partial charge on any atom is 0.148 e. The fourth-order valence-corrected chi connectivity index (χ4v) is 0.554. The molecule has 0 aromatic carbocycles. The third kappa shape index (κ3) is 3.43. The van der Waals surface area contributed by atoms with E-state index in [1.54, 1.807) is 0 Å². The second kappa shape index (κ2) is 3.77. The quantitative estimate of drug-likeness (QED) is 0.282. The lowest BCUT2D eigenvalue weighted by molar-refractivity contribution is -0.123. The first-order valence-corrected chi connectivity index (χ1v) is 3.23. The maximum atomic E-state index is 9.91. The van der Waals surface area contributed by atoms with Crippen molar-refractivity contribution < 1.29 is 20.1 Å². The van der Waals surface area contributed by atoms with Crippen molar-refractivity contribution in [2.75, 3.05) is 0 Å². The van der Waals surface area contributed by atoms with E-state index < -0.39 is 17.9 Å². The highest BCUT2D eigenvalue weighted by molar-refractivity contribution is 5.55. The van der Waals surface area contributed by atoms with Crippen LogP contribution < -0.4 is 5.73 Å². The number of hydrogen-bond acceptors (Lipinski definition) is 5. The third-order valence-electron chi connectivity index (χ3n) is 1.42. The number of carbonyl (C=O) groups is 1. The average Bonchev–Trinajstić information content (AvgIpc) is 1.86. The highest BCUT2D eigenvalue weighted by atomic mass is 16.4. The summed E-state index contributed by atoms with van der Waals surface area (Å²) in [5.74, 6) is 0. The molecule has 0 aromatic heterocycles. The molecule has 0 aliphatic heterocycles. The molecule has 5 N–H and O–H groups in total. The molecule has 0 heterocycles. The van der Waals surface area contributed by atoms with Gasteiger partial charge in [-0.15, -0.1) is 0 Å². The monoisotopic (exact) mass is 163 g/mol. The average molecular weight is 163 g/mol. The molecule has 0 aliphatic carbocycles. The molecule has 0 rings (SSSR count). The van der Waals surface area contributed by atoms with Crippen LogP contribution in [0.2, 0.25) is 0 Å². The van der Waals surface area contributed by atoms with Crippen molar-refractivity contribution in [2.45, 2.75) is 31.3 Å². The molecule has 5 nitrogen and oxygen atoms in total. The van der Waals surface area contributed by atoms with E-state index in [0.29, 0.717) is 0 Å². The summed E-state index contributed by atoms with van der Waals surface area (Å²) in [7, 11) is 0. The summed E-state index contributed by atoms with van der Waals surface area (Å²) in [6, 6.07) is 0. The Labute approximate surface area is 64.4 Å². The van der Waals surface area contributed by atoms with Gasteiger partial charge in [0, 0.05) is 6.42 Å². The molecule has 11 heavy (non-hydrogen) atoms. The molecule has 0 unspecified atom stereocenters. The first kappa shape index (κ1) is 10.5. The molecule has 66 valence electrons. The highest BCUT2D eigenvalue weighted by Gasteiger charge is 2.30. The molecule has 0 saturated heterocycles. The van der Waals surface area contributed by atoms with Crippen molar-refractivity contribution in [3.05, 3.63) is 0 Å². The molecule has 5 heteroatoms. The van der Waals surface area contributed by atoms with Crippen LogP contribution in [0.25, 0.3) is 0 Å². The Morgan fingerprint density at radius 3 is 2.36 bits per heavy atom. The van der Waals surface area contributed by atoms with Crippen molar-refractivity contribution in [1.29, 1.82) is 0 Å². The molecule has 0 amide bonds. The highest BCUT2D eigenvalue weighted by Crippen LogP contribution is 2.09. The van der Waals surface area contributed by atoms with Crippen molar-refractivity contribution in [1.82, 2.24) is 0 Å². The van der Waals surface area contributed by atoms with Crippen molar-refractivity contribution in [3.8, 4) is 0 Å². The van der Waals surface area contributed by atoms with Gasteiger partial charge in [0.1, 0.15) is 18.1 Å². The summed E-state index contributed by atoms with van der Waals surface area (Å²) in [4.78, 5) is 9.91. The molecule has 0 fully saturated rings. The molecule has 0 bridgehead atoms. The van der Waals surface area contributed by atoms with E-state index in [-0.39, 0.29) is 12.7 Å². The number of carbonyl (C=O) groups excluding carboxylic acids is 1. The lowest BCUT2D eigenvalue weighted by atomic mass is 10.0. The second-order valence-electron chi connectivity index (χ2n) is 2.57. The predicted molar refractivity (Wildman–Crippen MR) is 37.5 cm³/mol. The number of aliphatic hydroxyl groups excluding tert-OH is 2. The number of nitrogens with two attached hydrogens (primary N) is 1. The molecule has 0 spiro atoms. The minimum Gasteiger partial charge on any atom is -0.389 e. The van der Waals surface area contributed by atoms with E-state index in [1.165, 1.54) is 6.92 Å². The SMILES string of the molecule is C[C@@H](O)[C@@](N)(O)C[C@@H](O)C=O. The molecular weight excluding hydrogens is 150 g/mol. The topological polar surface area (TPSA) is 104 Å². The Bertz CT molecular complexity index is 135. The summed E-state index contributed by atoms with van der Waals surface area (Å²) < 4.78 is 0. The second-order valence-corrected chi connectivity index (χ2v) is 2.57. The van der Waals surface area contributed by atoms with E-state index in [0.717, 1.165) is 0 Å². The van der Waals surface area contributed by atoms with Gasteiger partial charge < -0.3 is 25.8 Å². The molecule has 0 aliphatic rings. The van der Waals surface area contributed by atoms with Crippen LogP contribution in [-0.4, -0.2) is 39.5 Å². The van der Waals surface area contributed by atoms with E-state index >= 15 is 0 Å². The zero-order valence-electron chi connectivity index (χ0n) is 6.27. The largest absolute Gasteiger partial charge is 0.389 e. The Morgan fingerprint density at radius 2 is 2.09 bits per heavy atom. The predicted octanol–water partition coefficient (Wildman–Crippen LogP) is -2.04. The number of aliphatic hydroxyl groups is 3. The van der Waals surface area contributed by atoms with Crippen LogP contribution in [0, 0.1) is 0 Å². The Balaban J connectivity index is 4.00. The Kier molecular flexibility index (Phi) is 3.61. The van der Waals surface area contributed by atoms with Gasteiger partial charge in [0.2, 0.25) is 0 Å². The van der Waals surface area contributed by atoms with Crippen LogP contribution in [0.15, 0.2) is 0 Å². The van der Waals surface area contributed by atoms with Gasteiger partial charge in [0.05, 0.1) is 6.10 Å². The van der Waals surface area contributed by atoms with Crippen LogP contribution in [0.1, 0.15) is 13.3 Å². The van der Waals surface area contributed by atoms with Gasteiger partial charge in [-0.3, -0.25) is 0 Å². The molecular formula is C6H13NO4. The van der Waals surface area contributed by atoms with Gasteiger partial charge in [-0.1, -0.05) is 0 Å². The summed E-state index contributed by atoms with van der Waals surface area (Å²) in [6.07, 6.45) is -2.63. The van der Waals surface area contributed by atoms with E-state index in [1.807, 2.05) is 0 Å². The van der Waals surface area contributed by atoms with Gasteiger partial charge in [0.25, 0.3) is 0 Å². The van der Waals surface area contributed by atoms with Crippen LogP contribution in [-0.2, 0) is 4.79 Å². The zero-order valence-corrected chi connectivity index (χ0v) is 6.27. The summed E-state index contributed by atoms with van der Waals surface area (Å²) in [5, 5.41) is 26.6. The van der Waals surface area contributed by atoms with Crippen LogP contribution in [0.5, 0.6) is 0 Å². The van der Waals surface area contributed by atoms with Gasteiger partial charge in [-0.05, 0) is 6.92 Å². The van der Waals surface area contributed by atoms with Crippen molar-refractivity contribution in [3.63, 3.8) is 0 Å². The minimum absolute atomic E-state index is 0.250. The van der Waals surface area contributed by atoms with Gasteiger partial charge >= 0.3 is 0 Å². The van der Waals surface area contributed by atoms with Gasteiger partial charge in [-0.25, -0.2) is 0 Å². The standard InChI is InChI=1S/C6H13NO4/c1-4(9)6(7,11)2-5(10)3-8/h3-5,9-11H,2,7H2,1H3/t4-,5-,6+/m1/s1. The third-order valence-corrected chi connectivity index (χ3v) is 1.42. The molecule has 0 aromatic rings. The van der Waals surface area contributed by atoms with Crippen molar-refractivity contribution >= 4 is 6.29 Å². The molecule has 3 atom stereocenters. The summed E-state index contributed by atoms with van der Waals surface area (Å²) >= 11 is 0. The normalized spacial score (nSPS) is 21.9. The zero-order chi connectivity index (χ0) is 9.07. The number of rotatable bonds is 4. The summed E-state index contributed by atoms with van der Waals surface area (Å²) in [5.41, 5.74) is 3.22. The van der Waals surface area contributed by atoms with Crippen LogP contribution in [0.3, 0.4) is 0 Å².